The lowest BCUT2D eigenvalue weighted by atomic mass is 9.93. The van der Waals surface area contributed by atoms with Gasteiger partial charge >= 0.3 is 6.18 Å². The van der Waals surface area contributed by atoms with Crippen molar-refractivity contribution < 1.29 is 37.1 Å². The zero-order valence-electron chi connectivity index (χ0n) is 21.1. The first-order valence-electron chi connectivity index (χ1n) is 12.4. The van der Waals surface area contributed by atoms with E-state index in [0.29, 0.717) is 12.5 Å². The average molecular weight is 580 g/mol. The highest BCUT2D eigenvalue weighted by atomic mass is 35.5. The molecule has 0 unspecified atom stereocenters. The van der Waals surface area contributed by atoms with Crippen molar-refractivity contribution >= 4 is 46.7 Å². The summed E-state index contributed by atoms with van der Waals surface area (Å²) in [6.45, 7) is 1.79. The molecule has 2 aromatic rings. The number of hydrogen-bond donors (Lipinski definition) is 4. The third-order valence-corrected chi connectivity index (χ3v) is 6.70. The van der Waals surface area contributed by atoms with Crippen LogP contribution in [0.1, 0.15) is 59.0 Å². The van der Waals surface area contributed by atoms with Crippen molar-refractivity contribution in [3.05, 3.63) is 58.4 Å². The van der Waals surface area contributed by atoms with Gasteiger partial charge in [-0.05, 0) is 62.9 Å². The summed E-state index contributed by atoms with van der Waals surface area (Å²) in [4.78, 5) is 67.2. The molecule has 0 spiro atoms. The van der Waals surface area contributed by atoms with Crippen LogP contribution in [0.3, 0.4) is 0 Å². The van der Waals surface area contributed by atoms with Gasteiger partial charge in [-0.1, -0.05) is 11.6 Å². The fraction of sp³-hybridized carbons (Fsp3) is 0.385. The van der Waals surface area contributed by atoms with Crippen LogP contribution in [0.25, 0.3) is 0 Å². The van der Waals surface area contributed by atoms with Crippen LogP contribution in [0, 0.1) is 5.92 Å². The number of halogens is 4. The van der Waals surface area contributed by atoms with E-state index in [1.165, 1.54) is 18.2 Å². The molecule has 1 saturated heterocycles. The molecule has 40 heavy (non-hydrogen) atoms. The number of nitrogens with zero attached hydrogens (tertiary/aromatic N) is 1. The van der Waals surface area contributed by atoms with Gasteiger partial charge in [0, 0.05) is 29.2 Å². The van der Waals surface area contributed by atoms with Crippen molar-refractivity contribution in [1.29, 1.82) is 0 Å². The van der Waals surface area contributed by atoms with E-state index in [2.05, 4.69) is 26.3 Å². The van der Waals surface area contributed by atoms with E-state index in [0.717, 1.165) is 25.1 Å². The molecule has 3 atom stereocenters. The minimum Gasteiger partial charge on any atom is -0.353 e. The van der Waals surface area contributed by atoms with Crippen LogP contribution in [0.2, 0.25) is 5.02 Å². The van der Waals surface area contributed by atoms with Crippen molar-refractivity contribution in [3.8, 4) is 0 Å². The Morgan fingerprint density at radius 2 is 1.85 bits per heavy atom. The molecule has 1 saturated carbocycles. The number of Topliss-reactive ketones (excluding diaryl/α,β-unsaturated/α-hetero) is 1. The van der Waals surface area contributed by atoms with Gasteiger partial charge in [-0.3, -0.25) is 29.0 Å². The topological polar surface area (TPSA) is 146 Å². The zero-order valence-corrected chi connectivity index (χ0v) is 21.9. The van der Waals surface area contributed by atoms with Crippen LogP contribution in [-0.4, -0.2) is 52.5 Å². The summed E-state index contributed by atoms with van der Waals surface area (Å²) in [7, 11) is 0. The highest BCUT2D eigenvalue weighted by molar-refractivity contribution is 6.38. The standard InChI is InChI=1S/C26H25ClF3N5O5/c1-12-8-14(23(38)32-12)9-19(21(36)25(40)33-16-4-5-16)35-24(39)17-10-15(27)3-6-18(17)34-22(37)13-2-7-20(31-11-13)26(28,29)30/h2-3,6-7,10-12,14,16,19H,4-5,8-9H2,1H3,(H,32,38)(H,33,40)(H,34,37)(H,35,39)/t12-,14+,19+/m1/s1. The molecule has 0 bridgehead atoms. The number of amides is 4. The summed E-state index contributed by atoms with van der Waals surface area (Å²) in [5, 5.41) is 10.4. The molecular weight excluding hydrogens is 555 g/mol. The van der Waals surface area contributed by atoms with Gasteiger partial charge in [0.2, 0.25) is 11.7 Å². The van der Waals surface area contributed by atoms with Gasteiger partial charge in [-0.2, -0.15) is 13.2 Å². The fourth-order valence-electron chi connectivity index (χ4n) is 4.25. The SMILES string of the molecule is C[C@@H]1C[C@@H](C[C@H](NC(=O)c2cc(Cl)ccc2NC(=O)c2ccc(C(F)(F)F)nc2)C(=O)C(=O)NC2CC2)C(=O)N1. The summed E-state index contributed by atoms with van der Waals surface area (Å²) >= 11 is 6.07. The predicted molar refractivity (Wildman–Crippen MR) is 136 cm³/mol. The number of benzene rings is 1. The van der Waals surface area contributed by atoms with E-state index in [-0.39, 0.29) is 46.2 Å². The van der Waals surface area contributed by atoms with Gasteiger partial charge in [0.1, 0.15) is 5.69 Å². The van der Waals surface area contributed by atoms with Crippen LogP contribution in [0.15, 0.2) is 36.5 Å². The Hall–Kier alpha value is -4.00. The minimum atomic E-state index is -4.68. The van der Waals surface area contributed by atoms with Crippen molar-refractivity contribution in [3.63, 3.8) is 0 Å². The lowest BCUT2D eigenvalue weighted by Gasteiger charge is -2.21. The van der Waals surface area contributed by atoms with E-state index in [9.17, 15) is 37.1 Å². The third kappa shape index (κ3) is 7.14. The molecule has 212 valence electrons. The molecular formula is C26H25ClF3N5O5. The van der Waals surface area contributed by atoms with E-state index >= 15 is 0 Å². The maximum atomic E-state index is 13.3. The first kappa shape index (κ1) is 29.0. The molecule has 2 heterocycles. The number of hydrogen-bond acceptors (Lipinski definition) is 6. The smallest absolute Gasteiger partial charge is 0.353 e. The number of alkyl halides is 3. The maximum Gasteiger partial charge on any atom is 0.433 e. The fourth-order valence-corrected chi connectivity index (χ4v) is 4.43. The first-order chi connectivity index (χ1) is 18.8. The van der Waals surface area contributed by atoms with Crippen LogP contribution in [0.4, 0.5) is 18.9 Å². The second-order valence-corrected chi connectivity index (χ2v) is 10.2. The maximum absolute atomic E-state index is 13.3. The molecule has 4 rings (SSSR count). The van der Waals surface area contributed by atoms with Gasteiger partial charge in [0.05, 0.1) is 22.9 Å². The molecule has 1 aliphatic carbocycles. The van der Waals surface area contributed by atoms with Crippen molar-refractivity contribution in [1.82, 2.24) is 20.9 Å². The molecule has 10 nitrogen and oxygen atoms in total. The monoisotopic (exact) mass is 579 g/mol. The second-order valence-electron chi connectivity index (χ2n) is 9.79. The number of aromatic nitrogens is 1. The van der Waals surface area contributed by atoms with E-state index < -0.39 is 47.3 Å². The van der Waals surface area contributed by atoms with Crippen LogP contribution < -0.4 is 21.3 Å². The van der Waals surface area contributed by atoms with Crippen molar-refractivity contribution in [2.45, 2.75) is 56.9 Å². The Morgan fingerprint density at radius 1 is 1.12 bits per heavy atom. The van der Waals surface area contributed by atoms with E-state index in [1.54, 1.807) is 6.92 Å². The van der Waals surface area contributed by atoms with E-state index in [1.807, 2.05) is 0 Å². The minimum absolute atomic E-state index is 0.0624. The van der Waals surface area contributed by atoms with Crippen molar-refractivity contribution in [2.75, 3.05) is 5.32 Å². The zero-order chi connectivity index (χ0) is 29.2. The highest BCUT2D eigenvalue weighted by Crippen LogP contribution is 2.28. The second kappa shape index (κ2) is 11.6. The lowest BCUT2D eigenvalue weighted by Crippen LogP contribution is -2.49. The number of pyridine rings is 1. The Morgan fingerprint density at radius 3 is 2.42 bits per heavy atom. The van der Waals surface area contributed by atoms with Gasteiger partial charge in [-0.25, -0.2) is 0 Å². The largest absolute Gasteiger partial charge is 0.433 e. The molecule has 4 amide bonds. The number of anilines is 1. The van der Waals surface area contributed by atoms with Gasteiger partial charge < -0.3 is 21.3 Å². The average Bonchev–Trinajstić information content (AvgIpc) is 3.65. The summed E-state index contributed by atoms with van der Waals surface area (Å²) in [5.74, 6) is -4.45. The summed E-state index contributed by atoms with van der Waals surface area (Å²) in [5.41, 5.74) is -1.62. The summed E-state index contributed by atoms with van der Waals surface area (Å²) < 4.78 is 38.4. The van der Waals surface area contributed by atoms with Crippen LogP contribution >= 0.6 is 11.6 Å². The molecule has 2 aliphatic rings. The first-order valence-corrected chi connectivity index (χ1v) is 12.8. The Kier molecular flexibility index (Phi) is 8.43. The highest BCUT2D eigenvalue weighted by Gasteiger charge is 2.38. The molecule has 4 N–H and O–H groups in total. The predicted octanol–water partition coefficient (Wildman–Crippen LogP) is 2.87. The quantitative estimate of drug-likeness (QED) is 0.336. The number of carbonyl (C=O) groups excluding carboxylic acids is 5. The number of carbonyl (C=O) groups is 5. The van der Waals surface area contributed by atoms with Gasteiger partial charge in [-0.15, -0.1) is 0 Å². The molecule has 0 radical (unpaired) electrons. The van der Waals surface area contributed by atoms with Gasteiger partial charge in [0.15, 0.2) is 0 Å². The number of nitrogens with one attached hydrogen (secondary N) is 4. The molecule has 1 aromatic heterocycles. The molecule has 1 aliphatic heterocycles. The number of ketones is 1. The van der Waals surface area contributed by atoms with Gasteiger partial charge in [0.25, 0.3) is 17.7 Å². The Bertz CT molecular complexity index is 1350. The van der Waals surface area contributed by atoms with Crippen molar-refractivity contribution in [2.24, 2.45) is 5.92 Å². The van der Waals surface area contributed by atoms with Crippen LogP contribution in [0.5, 0.6) is 0 Å². The molecule has 1 aromatic carbocycles. The normalized spacial score (nSPS) is 19.4. The Labute approximate surface area is 231 Å². The van der Waals surface area contributed by atoms with E-state index in [4.69, 9.17) is 11.6 Å². The van der Waals surface area contributed by atoms with Crippen LogP contribution in [-0.2, 0) is 20.6 Å². The molecule has 14 heteroatoms. The Balaban J connectivity index is 1.54. The number of rotatable bonds is 9. The third-order valence-electron chi connectivity index (χ3n) is 6.47. The molecule has 2 fully saturated rings. The summed E-state index contributed by atoms with van der Waals surface area (Å²) in [6.07, 6.45) is -2.19. The summed E-state index contributed by atoms with van der Waals surface area (Å²) in [6, 6.07) is 3.86. The lowest BCUT2D eigenvalue weighted by molar-refractivity contribution is -0.141.